The summed E-state index contributed by atoms with van der Waals surface area (Å²) in [7, 11) is -4.76. The SMILES string of the molecule is C[C@H](NP(=O)(OC[C@H]1S[C@@H](n2ccc(N(C(=O)OC(C)(C)C)C(=O)OC(C)(C)C)nc2=O)[C@@H](F)[C@@H]1OC(=O)OC(C)(C)C)Oc1ccc(Cl)c(F)c1)C(=O)OCc1ccccc1. The first-order valence-corrected chi connectivity index (χ1v) is 21.9. The molecule has 1 saturated heterocycles. The van der Waals surface area contributed by atoms with Crippen molar-refractivity contribution >= 4 is 61.2 Å². The van der Waals surface area contributed by atoms with Crippen molar-refractivity contribution in [1.29, 1.82) is 0 Å². The van der Waals surface area contributed by atoms with Gasteiger partial charge in [0.25, 0.3) is 0 Å². The van der Waals surface area contributed by atoms with Gasteiger partial charge in [0.05, 0.1) is 16.9 Å². The average Bonchev–Trinajstić information content (AvgIpc) is 3.43. The van der Waals surface area contributed by atoms with Crippen molar-refractivity contribution in [3.8, 4) is 5.75 Å². The van der Waals surface area contributed by atoms with Crippen LogP contribution in [0.15, 0.2) is 65.6 Å². The fraction of sp³-hybridized carbons (Fsp3) is 0.500. The summed E-state index contributed by atoms with van der Waals surface area (Å²) in [5.74, 6) is -2.65. The quantitative estimate of drug-likeness (QED) is 0.0967. The molecule has 17 nitrogen and oxygen atoms in total. The fourth-order valence-electron chi connectivity index (χ4n) is 5.25. The highest BCUT2D eigenvalue weighted by Gasteiger charge is 2.50. The number of ether oxygens (including phenoxy) is 5. The number of benzene rings is 2. The number of hydrogen-bond donors (Lipinski definition) is 1. The Morgan fingerprint density at radius 2 is 1.53 bits per heavy atom. The molecule has 2 amide bonds. The molecule has 0 bridgehead atoms. The Bertz CT molecular complexity index is 2170. The molecule has 4 rings (SSSR count). The predicted molar refractivity (Wildman–Crippen MR) is 224 cm³/mol. The van der Waals surface area contributed by atoms with Gasteiger partial charge >= 0.3 is 37.7 Å². The van der Waals surface area contributed by atoms with E-state index in [-0.39, 0.29) is 17.4 Å². The third-order valence-corrected chi connectivity index (χ3v) is 11.3. The first-order valence-electron chi connectivity index (χ1n) is 19.1. The van der Waals surface area contributed by atoms with Crippen LogP contribution in [0.3, 0.4) is 0 Å². The van der Waals surface area contributed by atoms with Crippen LogP contribution in [0.4, 0.5) is 29.0 Å². The summed E-state index contributed by atoms with van der Waals surface area (Å²) in [4.78, 5) is 70.3. The van der Waals surface area contributed by atoms with Crippen molar-refractivity contribution in [2.24, 2.45) is 0 Å². The smallest absolute Gasteiger partial charge is 0.460 e. The number of halogens is 3. The molecular weight excluding hydrogens is 881 g/mol. The maximum atomic E-state index is 16.7. The first kappa shape index (κ1) is 49.9. The van der Waals surface area contributed by atoms with Crippen LogP contribution in [-0.4, -0.2) is 80.8 Å². The number of amides is 2. The minimum Gasteiger partial charge on any atom is -0.460 e. The van der Waals surface area contributed by atoms with E-state index in [0.717, 1.165) is 29.0 Å². The van der Waals surface area contributed by atoms with E-state index >= 15 is 4.39 Å². The third-order valence-electron chi connectivity index (χ3n) is 7.81. The number of alkyl halides is 1. The molecule has 3 aromatic rings. The summed E-state index contributed by atoms with van der Waals surface area (Å²) in [6.45, 7) is 14.4. The molecule has 0 aliphatic carbocycles. The Hall–Kier alpha value is -4.75. The Morgan fingerprint density at radius 3 is 2.08 bits per heavy atom. The Kier molecular flexibility index (Phi) is 16.2. The minimum atomic E-state index is -4.76. The van der Waals surface area contributed by atoms with Gasteiger partial charge in [0, 0.05) is 12.3 Å². The molecule has 22 heteroatoms. The summed E-state index contributed by atoms with van der Waals surface area (Å²) >= 11 is 6.52. The Morgan fingerprint density at radius 1 is 0.935 bits per heavy atom. The largest absolute Gasteiger partial charge is 0.509 e. The maximum absolute atomic E-state index is 16.7. The number of rotatable bonds is 13. The molecule has 6 atom stereocenters. The van der Waals surface area contributed by atoms with E-state index in [0.29, 0.717) is 22.2 Å². The second-order valence-electron chi connectivity index (χ2n) is 16.7. The third kappa shape index (κ3) is 14.7. The van der Waals surface area contributed by atoms with E-state index in [1.54, 1.807) is 92.6 Å². The topological polar surface area (TPSA) is 200 Å². The van der Waals surface area contributed by atoms with Crippen molar-refractivity contribution in [3.05, 3.63) is 87.7 Å². The second kappa shape index (κ2) is 20.2. The standard InChI is InChI=1S/C40H50ClF2N4O13PS/c1-23(33(48)54-21-24-14-12-11-13-15-24)45-61(53,60-25-16-17-26(41)27(42)20-25)55-22-28-31(56-37(52)59-40(8,9)10)30(43)32(62-28)46-19-18-29(44-34(46)49)47(35(50)57-38(2,3)4)36(51)58-39(5,6)7/h11-20,23,28,30-32H,21-22H2,1-10H3,(H,45,53)/t23-,28+,30-,31+,32+,61?/m0/s1. The van der Waals surface area contributed by atoms with Gasteiger partial charge in [0.15, 0.2) is 18.1 Å². The van der Waals surface area contributed by atoms with E-state index in [4.69, 9.17) is 44.3 Å². The highest BCUT2D eigenvalue weighted by atomic mass is 35.5. The number of hydrogen-bond acceptors (Lipinski definition) is 15. The van der Waals surface area contributed by atoms with Crippen LogP contribution >= 0.6 is 31.1 Å². The molecule has 2 aromatic carbocycles. The van der Waals surface area contributed by atoms with Crippen LogP contribution in [0, 0.1) is 5.82 Å². The molecule has 1 aliphatic rings. The molecule has 340 valence electrons. The summed E-state index contributed by atoms with van der Waals surface area (Å²) in [5, 5.41) is -0.629. The second-order valence-corrected chi connectivity index (χ2v) is 20.2. The average molecular weight is 931 g/mol. The lowest BCUT2D eigenvalue weighted by atomic mass is 10.1. The molecule has 2 heterocycles. The van der Waals surface area contributed by atoms with Crippen LogP contribution in [0.2, 0.25) is 5.02 Å². The zero-order valence-electron chi connectivity index (χ0n) is 35.7. The number of esters is 1. The number of imide groups is 1. The van der Waals surface area contributed by atoms with E-state index in [1.165, 1.54) is 13.0 Å². The van der Waals surface area contributed by atoms with E-state index in [2.05, 4.69) is 10.1 Å². The molecule has 1 N–H and O–H groups in total. The molecule has 0 spiro atoms. The number of carbonyl (C=O) groups excluding carboxylic acids is 4. The van der Waals surface area contributed by atoms with Gasteiger partial charge < -0.3 is 28.2 Å². The summed E-state index contributed by atoms with van der Waals surface area (Å²) in [6.07, 6.45) is -6.60. The number of aromatic nitrogens is 2. The molecule has 1 aliphatic heterocycles. The van der Waals surface area contributed by atoms with Gasteiger partial charge in [-0.3, -0.25) is 13.9 Å². The van der Waals surface area contributed by atoms with Crippen LogP contribution in [0.25, 0.3) is 0 Å². The van der Waals surface area contributed by atoms with Gasteiger partial charge in [-0.05, 0) is 93.0 Å². The zero-order valence-corrected chi connectivity index (χ0v) is 38.2. The molecular formula is C40H50ClF2N4O13PS. The minimum absolute atomic E-state index is 0.128. The molecule has 1 fully saturated rings. The molecule has 1 aromatic heterocycles. The van der Waals surface area contributed by atoms with Gasteiger partial charge in [-0.2, -0.15) is 15.0 Å². The van der Waals surface area contributed by atoms with Crippen molar-refractivity contribution in [3.63, 3.8) is 0 Å². The number of thioether (sulfide) groups is 1. The zero-order chi connectivity index (χ0) is 46.4. The molecule has 62 heavy (non-hydrogen) atoms. The molecule has 0 radical (unpaired) electrons. The van der Waals surface area contributed by atoms with Gasteiger partial charge in [-0.25, -0.2) is 32.5 Å². The summed E-state index contributed by atoms with van der Waals surface area (Å²) < 4.78 is 84.5. The van der Waals surface area contributed by atoms with Crippen molar-refractivity contribution in [2.45, 2.75) is 122 Å². The summed E-state index contributed by atoms with van der Waals surface area (Å²) in [5.41, 5.74) is -3.71. The van der Waals surface area contributed by atoms with Crippen LogP contribution in [0.1, 0.15) is 80.2 Å². The summed E-state index contributed by atoms with van der Waals surface area (Å²) in [6, 6.07) is 11.6. The van der Waals surface area contributed by atoms with Crippen LogP contribution in [-0.2, 0) is 44.2 Å². The lowest BCUT2D eigenvalue weighted by Gasteiger charge is -2.28. The van der Waals surface area contributed by atoms with Gasteiger partial charge in [-0.1, -0.05) is 41.9 Å². The lowest BCUT2D eigenvalue weighted by Crippen LogP contribution is -2.45. The van der Waals surface area contributed by atoms with Crippen LogP contribution < -0.4 is 20.2 Å². The first-order chi connectivity index (χ1) is 28.6. The van der Waals surface area contributed by atoms with E-state index in [9.17, 15) is 32.9 Å². The highest BCUT2D eigenvalue weighted by Crippen LogP contribution is 2.50. The van der Waals surface area contributed by atoms with E-state index < -0.39 is 102 Å². The van der Waals surface area contributed by atoms with Gasteiger partial charge in [0.2, 0.25) is 0 Å². The number of anilines is 1. The van der Waals surface area contributed by atoms with Crippen molar-refractivity contribution in [2.75, 3.05) is 11.5 Å². The normalized spacial score (nSPS) is 19.4. The predicted octanol–water partition coefficient (Wildman–Crippen LogP) is 8.91. The number of carbonyl (C=O) groups is 4. The monoisotopic (exact) mass is 930 g/mol. The van der Waals surface area contributed by atoms with Gasteiger partial charge in [0.1, 0.15) is 46.4 Å². The highest BCUT2D eigenvalue weighted by molar-refractivity contribution is 8.00. The fourth-order valence-corrected chi connectivity index (χ4v) is 8.44. The lowest BCUT2D eigenvalue weighted by molar-refractivity contribution is -0.146. The van der Waals surface area contributed by atoms with Crippen LogP contribution in [0.5, 0.6) is 5.75 Å². The maximum Gasteiger partial charge on any atom is 0.509 e. The Labute approximate surface area is 366 Å². The Balaban J connectivity index is 1.66. The van der Waals surface area contributed by atoms with Crippen molar-refractivity contribution in [1.82, 2.24) is 14.6 Å². The molecule has 1 unspecified atom stereocenters. The van der Waals surface area contributed by atoms with Gasteiger partial charge in [-0.15, -0.1) is 11.8 Å². The van der Waals surface area contributed by atoms with E-state index in [1.807, 2.05) is 0 Å². The van der Waals surface area contributed by atoms with Crippen molar-refractivity contribution < 1.29 is 65.3 Å². The number of nitrogens with one attached hydrogen (secondary N) is 1. The molecule has 0 saturated carbocycles. The number of nitrogens with zero attached hydrogens (tertiary/aromatic N) is 3.